The van der Waals surface area contributed by atoms with Gasteiger partial charge in [0.05, 0.1) is 0 Å². The predicted octanol–water partition coefficient (Wildman–Crippen LogP) is 2.50. The number of carbonyl (C=O) groups excluding carboxylic acids is 1. The normalized spacial score (nSPS) is 26.4. The first-order valence-electron chi connectivity index (χ1n) is 8.11. The highest BCUT2D eigenvalue weighted by molar-refractivity contribution is 6.31. The molecule has 2 aliphatic rings. The van der Waals surface area contributed by atoms with Gasteiger partial charge in [-0.1, -0.05) is 22.9 Å². The number of likely N-dealkylation sites (tertiary alicyclic amines) is 1. The molecule has 6 nitrogen and oxygen atoms in total. The van der Waals surface area contributed by atoms with Crippen molar-refractivity contribution in [1.29, 1.82) is 0 Å². The topological polar surface area (TPSA) is 74.8 Å². The summed E-state index contributed by atoms with van der Waals surface area (Å²) < 4.78 is 14.0. The molecule has 4 rings (SSSR count). The van der Waals surface area contributed by atoms with Gasteiger partial charge in [-0.3, -0.25) is 4.79 Å². The zero-order valence-electron chi connectivity index (χ0n) is 13.0. The molecule has 1 N–H and O–H groups in total. The Balaban J connectivity index is 1.45. The number of aromatic nitrogens is 4. The molecular weight excluding hydrogens is 333 g/mol. The summed E-state index contributed by atoms with van der Waals surface area (Å²) in [6, 6.07) is 4.65. The van der Waals surface area contributed by atoms with Gasteiger partial charge < -0.3 is 4.90 Å². The van der Waals surface area contributed by atoms with Crippen LogP contribution in [-0.2, 0) is 4.79 Å². The summed E-state index contributed by atoms with van der Waals surface area (Å²) in [4.78, 5) is 14.6. The molecule has 8 heteroatoms. The third-order valence-corrected chi connectivity index (χ3v) is 5.27. The van der Waals surface area contributed by atoms with Crippen molar-refractivity contribution in [3.8, 4) is 0 Å². The van der Waals surface area contributed by atoms with E-state index in [4.69, 9.17) is 11.6 Å². The van der Waals surface area contributed by atoms with E-state index in [0.29, 0.717) is 29.4 Å². The number of hydrogen-bond donors (Lipinski definition) is 1. The molecule has 0 unspecified atom stereocenters. The first-order valence-corrected chi connectivity index (χ1v) is 8.49. The number of nitrogens with zero attached hydrogens (tertiary/aromatic N) is 4. The van der Waals surface area contributed by atoms with Crippen molar-refractivity contribution < 1.29 is 9.18 Å². The highest BCUT2D eigenvalue weighted by atomic mass is 35.5. The highest BCUT2D eigenvalue weighted by Gasteiger charge is 2.48. The van der Waals surface area contributed by atoms with Crippen molar-refractivity contribution in [3.05, 3.63) is 40.4 Å². The van der Waals surface area contributed by atoms with Crippen LogP contribution in [0.5, 0.6) is 0 Å². The lowest BCUT2D eigenvalue weighted by Gasteiger charge is -2.31. The lowest BCUT2D eigenvalue weighted by molar-refractivity contribution is -0.133. The number of hydrogen-bond acceptors (Lipinski definition) is 4. The Morgan fingerprint density at radius 3 is 3.04 bits per heavy atom. The van der Waals surface area contributed by atoms with Crippen molar-refractivity contribution in [3.63, 3.8) is 0 Å². The number of piperidine rings is 1. The number of aromatic amines is 1. The summed E-state index contributed by atoms with van der Waals surface area (Å²) in [5, 5.41) is 14.5. The Morgan fingerprint density at radius 2 is 2.29 bits per heavy atom. The molecule has 24 heavy (non-hydrogen) atoms. The number of tetrazole rings is 1. The molecular formula is C16H17ClFN5O. The van der Waals surface area contributed by atoms with E-state index < -0.39 is 0 Å². The minimum absolute atomic E-state index is 0.0764. The van der Waals surface area contributed by atoms with E-state index in [9.17, 15) is 9.18 Å². The van der Waals surface area contributed by atoms with Gasteiger partial charge >= 0.3 is 0 Å². The molecule has 0 radical (unpaired) electrons. The Labute approximate surface area is 143 Å². The quantitative estimate of drug-likeness (QED) is 0.923. The number of amides is 1. The Hall–Kier alpha value is -2.02. The predicted molar refractivity (Wildman–Crippen MR) is 85.0 cm³/mol. The molecule has 1 aliphatic heterocycles. The fourth-order valence-electron chi connectivity index (χ4n) is 3.62. The molecule has 1 aromatic heterocycles. The van der Waals surface area contributed by atoms with Crippen LogP contribution in [0.15, 0.2) is 18.2 Å². The number of H-pyrrole nitrogens is 1. The fraction of sp³-hybridized carbons (Fsp3) is 0.500. The summed E-state index contributed by atoms with van der Waals surface area (Å²) in [6.45, 7) is 1.31. The van der Waals surface area contributed by atoms with Crippen molar-refractivity contribution in [2.45, 2.75) is 31.1 Å². The van der Waals surface area contributed by atoms with Crippen LogP contribution in [0.1, 0.15) is 42.5 Å². The zero-order chi connectivity index (χ0) is 16.7. The largest absolute Gasteiger partial charge is 0.342 e. The second kappa shape index (κ2) is 6.12. The van der Waals surface area contributed by atoms with Gasteiger partial charge in [-0.15, -0.1) is 10.2 Å². The van der Waals surface area contributed by atoms with Gasteiger partial charge in [0.15, 0.2) is 5.82 Å². The first-order chi connectivity index (χ1) is 11.6. The molecule has 3 atom stereocenters. The number of rotatable bonds is 3. The molecule has 1 aliphatic carbocycles. The fourth-order valence-corrected chi connectivity index (χ4v) is 3.92. The Morgan fingerprint density at radius 1 is 1.42 bits per heavy atom. The van der Waals surface area contributed by atoms with Gasteiger partial charge in [0.2, 0.25) is 5.91 Å². The molecule has 2 heterocycles. The van der Waals surface area contributed by atoms with Crippen molar-refractivity contribution in [2.75, 3.05) is 13.1 Å². The Bertz CT molecular complexity index is 733. The second-order valence-electron chi connectivity index (χ2n) is 6.48. The molecule has 126 valence electrons. The summed E-state index contributed by atoms with van der Waals surface area (Å²) in [7, 11) is 0. The van der Waals surface area contributed by atoms with Crippen LogP contribution in [-0.4, -0.2) is 44.5 Å². The standard InChI is InChI=1S/C16H17ClFN5O/c17-12-4-1-5-13(18)14(12)10-7-11(10)16(24)23-6-2-3-9(8-23)15-19-21-22-20-15/h1,4-5,9-11H,2-3,6-8H2,(H,19,20,21,22)/t9-,10+,11+/m0/s1. The maximum Gasteiger partial charge on any atom is 0.226 e. The van der Waals surface area contributed by atoms with Crippen molar-refractivity contribution in [2.24, 2.45) is 5.92 Å². The van der Waals surface area contributed by atoms with Gasteiger partial charge in [-0.25, -0.2) is 4.39 Å². The number of nitrogens with one attached hydrogen (secondary N) is 1. The zero-order valence-corrected chi connectivity index (χ0v) is 13.7. The van der Waals surface area contributed by atoms with E-state index in [1.807, 2.05) is 4.90 Å². The molecule has 1 aromatic carbocycles. The number of carbonyl (C=O) groups is 1. The van der Waals surface area contributed by atoms with Crippen molar-refractivity contribution >= 4 is 17.5 Å². The Kier molecular flexibility index (Phi) is 3.96. The first kappa shape index (κ1) is 15.5. The maximum atomic E-state index is 14.0. The van der Waals surface area contributed by atoms with E-state index in [1.165, 1.54) is 6.07 Å². The molecule has 1 amide bonds. The summed E-state index contributed by atoms with van der Waals surface area (Å²) >= 11 is 6.12. The number of benzene rings is 1. The average Bonchev–Trinajstić information content (AvgIpc) is 3.16. The van der Waals surface area contributed by atoms with E-state index in [0.717, 1.165) is 19.4 Å². The lowest BCUT2D eigenvalue weighted by atomic mass is 9.97. The summed E-state index contributed by atoms with van der Waals surface area (Å²) in [5.74, 6) is 0.214. The monoisotopic (exact) mass is 349 g/mol. The smallest absolute Gasteiger partial charge is 0.226 e. The van der Waals surface area contributed by atoms with Crippen LogP contribution in [0, 0.1) is 11.7 Å². The van der Waals surface area contributed by atoms with Gasteiger partial charge in [0, 0.05) is 41.4 Å². The maximum absolute atomic E-state index is 14.0. The third kappa shape index (κ3) is 2.77. The molecule has 0 bridgehead atoms. The van der Waals surface area contributed by atoms with Gasteiger partial charge in [-0.05, 0) is 31.4 Å². The molecule has 0 spiro atoms. The van der Waals surface area contributed by atoms with E-state index in [-0.39, 0.29) is 29.5 Å². The van der Waals surface area contributed by atoms with Crippen LogP contribution in [0.4, 0.5) is 4.39 Å². The lowest BCUT2D eigenvalue weighted by Crippen LogP contribution is -2.40. The van der Waals surface area contributed by atoms with Gasteiger partial charge in [-0.2, -0.15) is 5.21 Å². The van der Waals surface area contributed by atoms with Gasteiger partial charge in [0.1, 0.15) is 5.82 Å². The van der Waals surface area contributed by atoms with Crippen LogP contribution >= 0.6 is 11.6 Å². The highest BCUT2D eigenvalue weighted by Crippen LogP contribution is 2.51. The van der Waals surface area contributed by atoms with Gasteiger partial charge in [0.25, 0.3) is 0 Å². The van der Waals surface area contributed by atoms with Crippen LogP contribution in [0.2, 0.25) is 5.02 Å². The van der Waals surface area contributed by atoms with E-state index in [2.05, 4.69) is 20.6 Å². The van der Waals surface area contributed by atoms with E-state index in [1.54, 1.807) is 12.1 Å². The third-order valence-electron chi connectivity index (χ3n) is 4.94. The molecule has 1 saturated carbocycles. The summed E-state index contributed by atoms with van der Waals surface area (Å²) in [5.41, 5.74) is 0.476. The average molecular weight is 350 g/mol. The minimum Gasteiger partial charge on any atom is -0.342 e. The SMILES string of the molecule is O=C([C@@H]1C[C@H]1c1c(F)cccc1Cl)N1CCC[C@H](c2nn[nH]n2)C1. The molecule has 2 fully saturated rings. The molecule has 1 saturated heterocycles. The number of halogens is 2. The van der Waals surface area contributed by atoms with Crippen LogP contribution < -0.4 is 0 Å². The minimum atomic E-state index is -0.328. The second-order valence-corrected chi connectivity index (χ2v) is 6.88. The van der Waals surface area contributed by atoms with Crippen LogP contribution in [0.25, 0.3) is 0 Å². The van der Waals surface area contributed by atoms with E-state index >= 15 is 0 Å². The summed E-state index contributed by atoms with van der Waals surface area (Å²) in [6.07, 6.45) is 2.50. The van der Waals surface area contributed by atoms with Crippen molar-refractivity contribution in [1.82, 2.24) is 25.5 Å². The molecule has 2 aromatic rings. The van der Waals surface area contributed by atoms with Crippen LogP contribution in [0.3, 0.4) is 0 Å².